The fraction of sp³-hybridized carbons (Fsp3) is 0.0909. The van der Waals surface area contributed by atoms with E-state index in [1.807, 2.05) is 25.1 Å². The first-order chi connectivity index (χ1) is 7.65. The molecule has 0 aliphatic heterocycles. The van der Waals surface area contributed by atoms with E-state index in [4.69, 9.17) is 17.3 Å². The van der Waals surface area contributed by atoms with Gasteiger partial charge in [0.25, 0.3) is 0 Å². The summed E-state index contributed by atoms with van der Waals surface area (Å²) in [5, 5.41) is 3.72. The van der Waals surface area contributed by atoms with Crippen LogP contribution in [0.1, 0.15) is 5.56 Å². The lowest BCUT2D eigenvalue weighted by atomic mass is 10.2. The summed E-state index contributed by atoms with van der Waals surface area (Å²) < 4.78 is 0. The van der Waals surface area contributed by atoms with Crippen LogP contribution in [0.4, 0.5) is 17.3 Å². The van der Waals surface area contributed by atoms with Crippen LogP contribution in [0.5, 0.6) is 0 Å². The normalized spacial score (nSPS) is 10.1. The van der Waals surface area contributed by atoms with Gasteiger partial charge >= 0.3 is 0 Å². The Balaban J connectivity index is 2.23. The summed E-state index contributed by atoms with van der Waals surface area (Å²) in [6, 6.07) is 5.75. The number of nitrogens with one attached hydrogen (secondary N) is 1. The number of rotatable bonds is 2. The SMILES string of the molecule is Cc1ccc(Nc2cnc(N)cn2)c(Cl)c1. The standard InChI is InChI=1S/C11H11ClN4/c1-7-2-3-9(8(12)4-7)16-11-6-14-10(13)5-15-11/h2-6H,1H3,(H2,13,14)(H,15,16). The van der Waals surface area contributed by atoms with Crippen molar-refractivity contribution in [3.63, 3.8) is 0 Å². The Bertz CT molecular complexity index is 496. The Morgan fingerprint density at radius 3 is 2.69 bits per heavy atom. The van der Waals surface area contributed by atoms with Crippen LogP contribution in [0, 0.1) is 6.92 Å². The van der Waals surface area contributed by atoms with Crippen molar-refractivity contribution < 1.29 is 0 Å². The molecule has 0 unspecified atom stereocenters. The molecular formula is C11H11ClN4. The lowest BCUT2D eigenvalue weighted by Crippen LogP contribution is -1.97. The van der Waals surface area contributed by atoms with Gasteiger partial charge in [0.05, 0.1) is 23.1 Å². The zero-order valence-electron chi connectivity index (χ0n) is 8.74. The van der Waals surface area contributed by atoms with Crippen molar-refractivity contribution in [1.29, 1.82) is 0 Å². The minimum absolute atomic E-state index is 0.389. The van der Waals surface area contributed by atoms with E-state index in [1.165, 1.54) is 6.20 Å². The molecule has 0 amide bonds. The monoisotopic (exact) mass is 234 g/mol. The molecule has 0 aliphatic rings. The molecule has 0 radical (unpaired) electrons. The van der Waals surface area contributed by atoms with Gasteiger partial charge in [-0.15, -0.1) is 0 Å². The number of hydrogen-bond acceptors (Lipinski definition) is 4. The minimum Gasteiger partial charge on any atom is -0.382 e. The highest BCUT2D eigenvalue weighted by atomic mass is 35.5. The number of nitrogens with two attached hydrogens (primary N) is 1. The Hall–Kier alpha value is -1.81. The average Bonchev–Trinajstić information content (AvgIpc) is 2.25. The maximum Gasteiger partial charge on any atom is 0.149 e. The van der Waals surface area contributed by atoms with Gasteiger partial charge in [0.2, 0.25) is 0 Å². The number of aryl methyl sites for hydroxylation is 1. The largest absolute Gasteiger partial charge is 0.382 e. The van der Waals surface area contributed by atoms with Crippen molar-refractivity contribution in [1.82, 2.24) is 9.97 Å². The summed E-state index contributed by atoms with van der Waals surface area (Å²) in [7, 11) is 0. The number of halogens is 1. The lowest BCUT2D eigenvalue weighted by molar-refractivity contribution is 1.21. The van der Waals surface area contributed by atoms with Gasteiger partial charge in [0.15, 0.2) is 0 Å². The number of hydrogen-bond donors (Lipinski definition) is 2. The van der Waals surface area contributed by atoms with Gasteiger partial charge in [-0.25, -0.2) is 9.97 Å². The Morgan fingerprint density at radius 1 is 1.25 bits per heavy atom. The summed E-state index contributed by atoms with van der Waals surface area (Å²) in [6.45, 7) is 1.98. The van der Waals surface area contributed by atoms with Gasteiger partial charge in [-0.05, 0) is 24.6 Å². The molecule has 2 rings (SSSR count). The van der Waals surface area contributed by atoms with Crippen molar-refractivity contribution in [3.8, 4) is 0 Å². The minimum atomic E-state index is 0.389. The molecular weight excluding hydrogens is 224 g/mol. The quantitative estimate of drug-likeness (QED) is 0.839. The molecule has 0 spiro atoms. The van der Waals surface area contributed by atoms with Crippen LogP contribution in [0.15, 0.2) is 30.6 Å². The molecule has 0 saturated carbocycles. The third-order valence-corrected chi connectivity index (χ3v) is 2.37. The number of aromatic nitrogens is 2. The molecule has 4 nitrogen and oxygen atoms in total. The molecule has 2 aromatic rings. The van der Waals surface area contributed by atoms with E-state index in [9.17, 15) is 0 Å². The molecule has 82 valence electrons. The predicted octanol–water partition coefficient (Wildman–Crippen LogP) is 2.76. The van der Waals surface area contributed by atoms with Gasteiger partial charge in [-0.3, -0.25) is 0 Å². The van der Waals surface area contributed by atoms with E-state index in [2.05, 4.69) is 15.3 Å². The third-order valence-electron chi connectivity index (χ3n) is 2.06. The predicted molar refractivity (Wildman–Crippen MR) is 65.9 cm³/mol. The van der Waals surface area contributed by atoms with Crippen molar-refractivity contribution in [2.75, 3.05) is 11.1 Å². The summed E-state index contributed by atoms with van der Waals surface area (Å²) in [5.41, 5.74) is 7.35. The maximum atomic E-state index is 6.08. The third kappa shape index (κ3) is 2.41. The Kier molecular flexibility index (Phi) is 2.92. The number of nitrogens with zero attached hydrogens (tertiary/aromatic N) is 2. The Morgan fingerprint density at radius 2 is 2.06 bits per heavy atom. The van der Waals surface area contributed by atoms with Gasteiger partial charge in [-0.2, -0.15) is 0 Å². The molecule has 3 N–H and O–H groups in total. The second-order valence-corrected chi connectivity index (χ2v) is 3.84. The molecule has 5 heteroatoms. The first-order valence-electron chi connectivity index (χ1n) is 4.76. The lowest BCUT2D eigenvalue weighted by Gasteiger charge is -2.07. The van der Waals surface area contributed by atoms with Crippen LogP contribution in [-0.4, -0.2) is 9.97 Å². The second kappa shape index (κ2) is 4.37. The number of anilines is 3. The fourth-order valence-corrected chi connectivity index (χ4v) is 1.54. The molecule has 0 fully saturated rings. The van der Waals surface area contributed by atoms with E-state index >= 15 is 0 Å². The first-order valence-corrected chi connectivity index (χ1v) is 5.13. The van der Waals surface area contributed by atoms with Crippen LogP contribution in [-0.2, 0) is 0 Å². The van der Waals surface area contributed by atoms with E-state index in [0.717, 1.165) is 11.3 Å². The molecule has 1 heterocycles. The topological polar surface area (TPSA) is 63.8 Å². The first kappa shape index (κ1) is 10.7. The van der Waals surface area contributed by atoms with E-state index < -0.39 is 0 Å². The zero-order valence-corrected chi connectivity index (χ0v) is 9.49. The van der Waals surface area contributed by atoms with Crippen molar-refractivity contribution in [2.45, 2.75) is 6.92 Å². The van der Waals surface area contributed by atoms with Gasteiger partial charge in [-0.1, -0.05) is 17.7 Å². The molecule has 0 bridgehead atoms. The van der Waals surface area contributed by atoms with Crippen molar-refractivity contribution in [3.05, 3.63) is 41.2 Å². The average molecular weight is 235 g/mol. The summed E-state index contributed by atoms with van der Waals surface area (Å²) >= 11 is 6.08. The maximum absolute atomic E-state index is 6.08. The summed E-state index contributed by atoms with van der Waals surface area (Å²) in [5.74, 6) is 1.00. The molecule has 0 atom stereocenters. The van der Waals surface area contributed by atoms with Crippen LogP contribution in [0.3, 0.4) is 0 Å². The second-order valence-electron chi connectivity index (χ2n) is 3.43. The highest BCUT2D eigenvalue weighted by molar-refractivity contribution is 6.33. The van der Waals surface area contributed by atoms with Gasteiger partial charge in [0.1, 0.15) is 11.6 Å². The van der Waals surface area contributed by atoms with Crippen molar-refractivity contribution in [2.24, 2.45) is 0 Å². The summed E-state index contributed by atoms with van der Waals surface area (Å²) in [6.07, 6.45) is 3.05. The van der Waals surface area contributed by atoms with Crippen LogP contribution < -0.4 is 11.1 Å². The van der Waals surface area contributed by atoms with Crippen LogP contribution >= 0.6 is 11.6 Å². The number of nitrogen functional groups attached to an aromatic ring is 1. The smallest absolute Gasteiger partial charge is 0.149 e. The van der Waals surface area contributed by atoms with Crippen LogP contribution in [0.2, 0.25) is 5.02 Å². The molecule has 1 aromatic carbocycles. The van der Waals surface area contributed by atoms with Crippen molar-refractivity contribution >= 4 is 28.9 Å². The van der Waals surface area contributed by atoms with Gasteiger partial charge in [0, 0.05) is 0 Å². The van der Waals surface area contributed by atoms with E-state index in [1.54, 1.807) is 6.20 Å². The highest BCUT2D eigenvalue weighted by Crippen LogP contribution is 2.25. The molecule has 1 aromatic heterocycles. The van der Waals surface area contributed by atoms with Crippen LogP contribution in [0.25, 0.3) is 0 Å². The van der Waals surface area contributed by atoms with Gasteiger partial charge < -0.3 is 11.1 Å². The fourth-order valence-electron chi connectivity index (χ4n) is 1.26. The highest BCUT2D eigenvalue weighted by Gasteiger charge is 2.01. The van der Waals surface area contributed by atoms with E-state index in [0.29, 0.717) is 16.7 Å². The molecule has 0 aliphatic carbocycles. The van der Waals surface area contributed by atoms with E-state index in [-0.39, 0.29) is 0 Å². The summed E-state index contributed by atoms with van der Waals surface area (Å²) in [4.78, 5) is 8.01. The molecule has 16 heavy (non-hydrogen) atoms. The molecule has 0 saturated heterocycles. The Labute approximate surface area is 98.5 Å². The zero-order chi connectivity index (χ0) is 11.5. The number of benzene rings is 1.